The van der Waals surface area contributed by atoms with E-state index in [0.717, 1.165) is 18.4 Å². The normalized spacial score (nSPS) is 29.0. The van der Waals surface area contributed by atoms with Gasteiger partial charge in [-0.25, -0.2) is 0 Å². The molecule has 0 aromatic heterocycles. The third-order valence-corrected chi connectivity index (χ3v) is 3.23. The number of benzene rings is 1. The molecule has 2 rings (SSSR count). The number of aliphatic hydroxyl groups is 1. The van der Waals surface area contributed by atoms with Gasteiger partial charge in [-0.15, -0.1) is 0 Å². The molecule has 1 unspecified atom stereocenters. The molecule has 1 atom stereocenters. The van der Waals surface area contributed by atoms with Gasteiger partial charge < -0.3 is 5.11 Å². The maximum Gasteiger partial charge on any atom is 0.108 e. The first-order chi connectivity index (χ1) is 7.02. The van der Waals surface area contributed by atoms with Crippen molar-refractivity contribution in [2.24, 2.45) is 5.41 Å². The predicted octanol–water partition coefficient (Wildman–Crippen LogP) is 3.25. The molecule has 0 saturated carbocycles. The Morgan fingerprint density at radius 3 is 2.20 bits per heavy atom. The van der Waals surface area contributed by atoms with Crippen LogP contribution in [-0.4, -0.2) is 5.11 Å². The predicted molar refractivity (Wildman–Crippen MR) is 62.5 cm³/mol. The lowest BCUT2D eigenvalue weighted by Crippen LogP contribution is -2.29. The largest absolute Gasteiger partial charge is 0.381 e. The zero-order valence-electron chi connectivity index (χ0n) is 9.40. The van der Waals surface area contributed by atoms with Crippen molar-refractivity contribution in [1.29, 1.82) is 0 Å². The Morgan fingerprint density at radius 2 is 1.67 bits per heavy atom. The minimum atomic E-state index is -0.753. The zero-order valence-corrected chi connectivity index (χ0v) is 9.40. The SMILES string of the molecule is CC1(C)C=CC(O)(c2ccccc2)CC1. The molecule has 1 aromatic carbocycles. The van der Waals surface area contributed by atoms with Gasteiger partial charge in [-0.05, 0) is 23.8 Å². The average molecular weight is 202 g/mol. The van der Waals surface area contributed by atoms with Crippen LogP contribution in [0.1, 0.15) is 32.3 Å². The summed E-state index contributed by atoms with van der Waals surface area (Å²) in [6, 6.07) is 9.90. The summed E-state index contributed by atoms with van der Waals surface area (Å²) in [7, 11) is 0. The molecule has 0 heterocycles. The van der Waals surface area contributed by atoms with E-state index in [4.69, 9.17) is 0 Å². The van der Waals surface area contributed by atoms with Crippen molar-refractivity contribution in [1.82, 2.24) is 0 Å². The number of rotatable bonds is 1. The van der Waals surface area contributed by atoms with E-state index in [2.05, 4.69) is 19.9 Å². The van der Waals surface area contributed by atoms with Gasteiger partial charge in [0, 0.05) is 0 Å². The van der Waals surface area contributed by atoms with Crippen molar-refractivity contribution in [3.05, 3.63) is 48.0 Å². The van der Waals surface area contributed by atoms with Crippen LogP contribution in [0.3, 0.4) is 0 Å². The average Bonchev–Trinajstić information content (AvgIpc) is 2.24. The van der Waals surface area contributed by atoms with Crippen LogP contribution in [0.15, 0.2) is 42.5 Å². The van der Waals surface area contributed by atoms with Crippen LogP contribution >= 0.6 is 0 Å². The van der Waals surface area contributed by atoms with E-state index < -0.39 is 5.60 Å². The van der Waals surface area contributed by atoms with Gasteiger partial charge in [-0.1, -0.05) is 56.3 Å². The van der Waals surface area contributed by atoms with Crippen molar-refractivity contribution in [3.8, 4) is 0 Å². The van der Waals surface area contributed by atoms with Gasteiger partial charge in [-0.2, -0.15) is 0 Å². The summed E-state index contributed by atoms with van der Waals surface area (Å²) in [4.78, 5) is 0. The molecule has 0 aliphatic heterocycles. The zero-order chi connectivity index (χ0) is 10.9. The van der Waals surface area contributed by atoms with Crippen LogP contribution in [0.25, 0.3) is 0 Å². The quantitative estimate of drug-likeness (QED) is 0.693. The highest BCUT2D eigenvalue weighted by atomic mass is 16.3. The van der Waals surface area contributed by atoms with Gasteiger partial charge >= 0.3 is 0 Å². The van der Waals surface area contributed by atoms with E-state index in [0.29, 0.717) is 0 Å². The Balaban J connectivity index is 2.31. The molecule has 1 aliphatic rings. The summed E-state index contributed by atoms with van der Waals surface area (Å²) in [6.07, 6.45) is 5.91. The molecule has 0 spiro atoms. The highest BCUT2D eigenvalue weighted by molar-refractivity contribution is 5.29. The molecule has 1 nitrogen and oxygen atoms in total. The van der Waals surface area contributed by atoms with Crippen LogP contribution in [0.4, 0.5) is 0 Å². The highest BCUT2D eigenvalue weighted by Gasteiger charge is 2.32. The molecule has 0 fully saturated rings. The molecule has 1 heteroatoms. The standard InChI is InChI=1S/C14H18O/c1-13(2)8-10-14(15,11-9-13)12-6-4-3-5-7-12/h3-8,10,15H,9,11H2,1-2H3. The van der Waals surface area contributed by atoms with Crippen LogP contribution in [0, 0.1) is 5.41 Å². The molecule has 80 valence electrons. The lowest BCUT2D eigenvalue weighted by atomic mass is 9.74. The molecule has 0 radical (unpaired) electrons. The fourth-order valence-electron chi connectivity index (χ4n) is 2.01. The molecule has 1 N–H and O–H groups in total. The summed E-state index contributed by atoms with van der Waals surface area (Å²) in [5, 5.41) is 10.5. The molecule has 1 aromatic rings. The van der Waals surface area contributed by atoms with Crippen molar-refractivity contribution in [2.75, 3.05) is 0 Å². The Kier molecular flexibility index (Phi) is 2.43. The topological polar surface area (TPSA) is 20.2 Å². The maximum absolute atomic E-state index is 10.5. The first kappa shape index (κ1) is 10.4. The summed E-state index contributed by atoms with van der Waals surface area (Å²) in [6.45, 7) is 4.40. The molecule has 0 bridgehead atoms. The highest BCUT2D eigenvalue weighted by Crippen LogP contribution is 2.39. The van der Waals surface area contributed by atoms with Crippen molar-refractivity contribution in [2.45, 2.75) is 32.3 Å². The summed E-state index contributed by atoms with van der Waals surface area (Å²) >= 11 is 0. The van der Waals surface area contributed by atoms with Gasteiger partial charge in [-0.3, -0.25) is 0 Å². The van der Waals surface area contributed by atoms with Crippen LogP contribution < -0.4 is 0 Å². The van der Waals surface area contributed by atoms with E-state index >= 15 is 0 Å². The minimum Gasteiger partial charge on any atom is -0.381 e. The van der Waals surface area contributed by atoms with E-state index in [1.807, 2.05) is 36.4 Å². The Hall–Kier alpha value is -1.08. The van der Waals surface area contributed by atoms with Crippen molar-refractivity contribution < 1.29 is 5.11 Å². The summed E-state index contributed by atoms with van der Waals surface area (Å²) in [5.41, 5.74) is 0.467. The second kappa shape index (κ2) is 3.49. The minimum absolute atomic E-state index is 0.223. The van der Waals surface area contributed by atoms with E-state index in [-0.39, 0.29) is 5.41 Å². The molecular formula is C14H18O. The van der Waals surface area contributed by atoms with Crippen molar-refractivity contribution >= 4 is 0 Å². The number of hydrogen-bond acceptors (Lipinski definition) is 1. The fourth-order valence-corrected chi connectivity index (χ4v) is 2.01. The van der Waals surface area contributed by atoms with Crippen LogP contribution in [0.5, 0.6) is 0 Å². The Bertz CT molecular complexity index is 364. The van der Waals surface area contributed by atoms with Crippen LogP contribution in [0.2, 0.25) is 0 Å². The number of allylic oxidation sites excluding steroid dienone is 1. The fraction of sp³-hybridized carbons (Fsp3) is 0.429. The van der Waals surface area contributed by atoms with Gasteiger partial charge in [0.15, 0.2) is 0 Å². The summed E-state index contributed by atoms with van der Waals surface area (Å²) in [5.74, 6) is 0. The van der Waals surface area contributed by atoms with Crippen molar-refractivity contribution in [3.63, 3.8) is 0 Å². The third kappa shape index (κ3) is 2.13. The maximum atomic E-state index is 10.5. The van der Waals surface area contributed by atoms with Gasteiger partial charge in [0.25, 0.3) is 0 Å². The first-order valence-corrected chi connectivity index (χ1v) is 5.50. The molecule has 0 amide bonds. The third-order valence-electron chi connectivity index (χ3n) is 3.23. The van der Waals surface area contributed by atoms with Gasteiger partial charge in [0.1, 0.15) is 5.60 Å². The molecule has 0 saturated heterocycles. The monoisotopic (exact) mass is 202 g/mol. The summed E-state index contributed by atoms with van der Waals surface area (Å²) < 4.78 is 0. The second-order valence-corrected chi connectivity index (χ2v) is 5.11. The first-order valence-electron chi connectivity index (χ1n) is 5.50. The van der Waals surface area contributed by atoms with E-state index in [1.165, 1.54) is 0 Å². The Labute approximate surface area is 91.4 Å². The van der Waals surface area contributed by atoms with E-state index in [9.17, 15) is 5.11 Å². The second-order valence-electron chi connectivity index (χ2n) is 5.11. The Morgan fingerprint density at radius 1 is 1.00 bits per heavy atom. The van der Waals surface area contributed by atoms with Gasteiger partial charge in [0.2, 0.25) is 0 Å². The lowest BCUT2D eigenvalue weighted by molar-refractivity contribution is 0.0581. The van der Waals surface area contributed by atoms with E-state index in [1.54, 1.807) is 0 Å². The molecule has 1 aliphatic carbocycles. The molecular weight excluding hydrogens is 184 g/mol. The smallest absolute Gasteiger partial charge is 0.108 e. The number of hydrogen-bond donors (Lipinski definition) is 1. The van der Waals surface area contributed by atoms with Crippen LogP contribution in [-0.2, 0) is 5.60 Å². The molecule has 15 heavy (non-hydrogen) atoms. The van der Waals surface area contributed by atoms with Gasteiger partial charge in [0.05, 0.1) is 0 Å². The lowest BCUT2D eigenvalue weighted by Gasteiger charge is -2.35.